The molecule has 2 amide bonds. The first kappa shape index (κ1) is 59.0. The molecule has 0 saturated heterocycles. The van der Waals surface area contributed by atoms with E-state index in [0.717, 1.165) is 0 Å². The number of rotatable bonds is 27. The van der Waals surface area contributed by atoms with Crippen molar-refractivity contribution in [3.05, 3.63) is 25.7 Å². The highest BCUT2D eigenvalue weighted by Crippen LogP contribution is 2.35. The van der Waals surface area contributed by atoms with Crippen LogP contribution in [0.2, 0.25) is 0 Å². The average molecular weight is 881 g/mol. The maximum atomic E-state index is 12.1. The summed E-state index contributed by atoms with van der Waals surface area (Å²) in [5.41, 5.74) is -3.01. The lowest BCUT2D eigenvalue weighted by atomic mass is 9.91. The van der Waals surface area contributed by atoms with Crippen LogP contribution in [0, 0.1) is 16.7 Å². The Bertz CT molecular complexity index is 1380. The van der Waals surface area contributed by atoms with Crippen molar-refractivity contribution in [3.8, 4) is 0 Å². The van der Waals surface area contributed by atoms with Gasteiger partial charge in [0.05, 0.1) is 60.0 Å². The van der Waals surface area contributed by atoms with Gasteiger partial charge in [0.25, 0.3) is 10.1 Å². The minimum atomic E-state index is -4.46. The number of nitrogens with one attached hydrogen (secondary N) is 2. The van der Waals surface area contributed by atoms with Crippen LogP contribution in [0.1, 0.15) is 95.4 Å². The Morgan fingerprint density at radius 1 is 0.741 bits per heavy atom. The molecule has 0 aliphatic heterocycles. The fourth-order valence-corrected chi connectivity index (χ4v) is 4.79. The Labute approximate surface area is 344 Å². The van der Waals surface area contributed by atoms with E-state index in [1.165, 1.54) is 12.5 Å². The van der Waals surface area contributed by atoms with E-state index in [9.17, 15) is 32.2 Å². The highest BCUT2D eigenvalue weighted by molar-refractivity contribution is 7.85. The molecular weight excluding hydrogens is 811 g/mol. The van der Waals surface area contributed by atoms with Gasteiger partial charge in [-0.2, -0.15) is 8.42 Å². The molecule has 0 saturated carbocycles. The van der Waals surface area contributed by atoms with Crippen molar-refractivity contribution in [2.75, 3.05) is 59.0 Å². The number of esters is 2. The van der Waals surface area contributed by atoms with Gasteiger partial charge in [0.2, 0.25) is 5.91 Å². The third kappa shape index (κ3) is 32.6. The molecule has 0 rings (SSSR count). The van der Waals surface area contributed by atoms with Crippen LogP contribution in [-0.2, 0) is 66.7 Å². The Hall–Kier alpha value is -3.30. The Kier molecular flexibility index (Phi) is 29.5. The standard InChI is InChI=1S/C19H33NO8.C9H19NO4S.C8H17O6P/c1-7-18(4,5)16(21)27-10-11-28-17(22)20-19(6,12-25-14-23-8-2)13-26-15-24-9-3;1-5-7(2)8(11)10-9(3,4)6-15(12,13)14;1-4-8(2,3)7(9)13-5-6-14-15(10,11)12/h8-9H,2-3,7,10-15H2,1,4-6H3,(H,20,22);7H,5-6H2,1-4H3,(H,10,11)(H,12,13,14);4-6H2,1-3H3,(H2,10,11,12). The minimum absolute atomic E-state index is 0.0257. The maximum absolute atomic E-state index is 12.1. The summed E-state index contributed by atoms with van der Waals surface area (Å²) in [5, 5.41) is 5.25. The molecule has 0 aliphatic carbocycles. The number of hydrogen-bond acceptors (Lipinski definition) is 15. The van der Waals surface area contributed by atoms with E-state index in [1.807, 2.05) is 20.8 Å². The van der Waals surface area contributed by atoms with E-state index in [0.29, 0.717) is 19.3 Å². The number of carbonyl (C=O) groups is 4. The van der Waals surface area contributed by atoms with Crippen LogP contribution in [0.4, 0.5) is 4.79 Å². The molecule has 1 unspecified atom stereocenters. The topological polar surface area (TPSA) is 278 Å². The highest BCUT2D eigenvalue weighted by Gasteiger charge is 2.31. The van der Waals surface area contributed by atoms with Crippen LogP contribution in [-0.4, -0.2) is 117 Å². The van der Waals surface area contributed by atoms with Gasteiger partial charge in [0.1, 0.15) is 19.8 Å². The van der Waals surface area contributed by atoms with Crippen LogP contribution in [0.15, 0.2) is 25.7 Å². The molecule has 0 heterocycles. The molecule has 0 aromatic heterocycles. The molecule has 1 atom stereocenters. The van der Waals surface area contributed by atoms with Crippen molar-refractivity contribution in [2.45, 2.75) is 107 Å². The molecular formula is C36H69N2O18PS. The number of ether oxygens (including phenoxy) is 7. The van der Waals surface area contributed by atoms with Crippen molar-refractivity contribution < 1.29 is 84.2 Å². The highest BCUT2D eigenvalue weighted by atomic mass is 32.2. The summed E-state index contributed by atoms with van der Waals surface area (Å²) in [7, 11) is -8.54. The lowest BCUT2D eigenvalue weighted by molar-refractivity contribution is -0.155. The van der Waals surface area contributed by atoms with Gasteiger partial charge in [-0.05, 0) is 67.7 Å². The zero-order chi connectivity index (χ0) is 45.9. The van der Waals surface area contributed by atoms with Gasteiger partial charge >= 0.3 is 25.9 Å². The smallest absolute Gasteiger partial charge is 0.469 e. The fourth-order valence-electron chi connectivity index (χ4n) is 3.50. The van der Waals surface area contributed by atoms with Crippen LogP contribution >= 0.6 is 7.82 Å². The molecule has 0 aromatic rings. The first-order valence-electron chi connectivity index (χ1n) is 18.3. The van der Waals surface area contributed by atoms with Gasteiger partial charge in [-0.1, -0.05) is 40.9 Å². The predicted octanol–water partition coefficient (Wildman–Crippen LogP) is 4.61. The third-order valence-corrected chi connectivity index (χ3v) is 9.45. The van der Waals surface area contributed by atoms with Gasteiger partial charge in [0.15, 0.2) is 13.6 Å². The van der Waals surface area contributed by atoms with Crippen molar-refractivity contribution in [2.24, 2.45) is 16.7 Å². The van der Waals surface area contributed by atoms with Crippen molar-refractivity contribution in [1.29, 1.82) is 0 Å². The molecule has 0 aromatic carbocycles. The summed E-state index contributed by atoms with van der Waals surface area (Å²) < 4.78 is 79.8. The Morgan fingerprint density at radius 3 is 1.52 bits per heavy atom. The van der Waals surface area contributed by atoms with Crippen LogP contribution < -0.4 is 10.6 Å². The van der Waals surface area contributed by atoms with E-state index < -0.39 is 57.7 Å². The summed E-state index contributed by atoms with van der Waals surface area (Å²) >= 11 is 0. The second-order valence-electron chi connectivity index (χ2n) is 14.9. The predicted molar refractivity (Wildman–Crippen MR) is 213 cm³/mol. The Balaban J connectivity index is -0.000000853. The van der Waals surface area contributed by atoms with Gasteiger partial charge in [0, 0.05) is 5.92 Å². The number of phosphoric acid groups is 1. The molecule has 20 nitrogen and oxygen atoms in total. The molecule has 0 fully saturated rings. The number of hydrogen-bond donors (Lipinski definition) is 5. The van der Waals surface area contributed by atoms with E-state index in [2.05, 4.69) is 28.3 Å². The number of phosphoric ester groups is 1. The van der Waals surface area contributed by atoms with E-state index in [-0.39, 0.29) is 71.0 Å². The fraction of sp³-hybridized carbons (Fsp3) is 0.778. The minimum Gasteiger partial charge on any atom is -0.476 e. The van der Waals surface area contributed by atoms with Gasteiger partial charge < -0.3 is 53.6 Å². The summed E-state index contributed by atoms with van der Waals surface area (Å²) in [5.74, 6) is -1.59. The molecule has 342 valence electrons. The Morgan fingerprint density at radius 2 is 1.16 bits per heavy atom. The second-order valence-corrected chi connectivity index (χ2v) is 17.6. The normalized spacial score (nSPS) is 12.5. The summed E-state index contributed by atoms with van der Waals surface area (Å²) in [6.45, 7) is 25.6. The van der Waals surface area contributed by atoms with Crippen molar-refractivity contribution >= 4 is 41.9 Å². The van der Waals surface area contributed by atoms with Crippen molar-refractivity contribution in [3.63, 3.8) is 0 Å². The van der Waals surface area contributed by atoms with Gasteiger partial charge in [-0.3, -0.25) is 23.5 Å². The van der Waals surface area contributed by atoms with Crippen LogP contribution in [0.25, 0.3) is 0 Å². The molecule has 0 radical (unpaired) electrons. The first-order chi connectivity index (χ1) is 26.5. The lowest BCUT2D eigenvalue weighted by Gasteiger charge is -2.29. The van der Waals surface area contributed by atoms with E-state index in [1.54, 1.807) is 55.4 Å². The summed E-state index contributed by atoms with van der Waals surface area (Å²) in [4.78, 5) is 63.4. The largest absolute Gasteiger partial charge is 0.476 e. The van der Waals surface area contributed by atoms with E-state index >= 15 is 0 Å². The number of carbonyl (C=O) groups excluding carboxylic acids is 4. The molecule has 0 aliphatic rings. The first-order valence-corrected chi connectivity index (χ1v) is 21.5. The zero-order valence-corrected chi connectivity index (χ0v) is 37.7. The number of amides is 2. The molecule has 58 heavy (non-hydrogen) atoms. The SMILES string of the molecule is C=COCOCC(C)(COCOC=C)NC(=O)OCCOC(=O)C(C)(C)CC.CCC(C)(C)C(=O)OCCOP(=O)(O)O.CCC(C)C(=O)NC(C)(C)CS(=O)(=O)O. The molecule has 0 spiro atoms. The summed E-state index contributed by atoms with van der Waals surface area (Å²) in [6, 6.07) is 0. The van der Waals surface area contributed by atoms with E-state index in [4.69, 9.17) is 47.5 Å². The number of alkyl carbamates (subject to hydrolysis) is 1. The molecule has 0 bridgehead atoms. The maximum Gasteiger partial charge on any atom is 0.469 e. The summed E-state index contributed by atoms with van der Waals surface area (Å²) in [6.07, 6.45) is 3.76. The zero-order valence-electron chi connectivity index (χ0n) is 36.0. The monoisotopic (exact) mass is 880 g/mol. The van der Waals surface area contributed by atoms with Crippen LogP contribution in [0.5, 0.6) is 0 Å². The van der Waals surface area contributed by atoms with Crippen molar-refractivity contribution in [1.82, 2.24) is 10.6 Å². The second kappa shape index (κ2) is 29.0. The van der Waals surface area contributed by atoms with Crippen LogP contribution in [0.3, 0.4) is 0 Å². The lowest BCUT2D eigenvalue weighted by Crippen LogP contribution is -2.53. The average Bonchev–Trinajstić information content (AvgIpc) is 3.10. The molecule has 5 N–H and O–H groups in total. The van der Waals surface area contributed by atoms with Gasteiger partial charge in [-0.15, -0.1) is 0 Å². The van der Waals surface area contributed by atoms with Gasteiger partial charge in [-0.25, -0.2) is 9.36 Å². The quantitative estimate of drug-likeness (QED) is 0.0143. The molecule has 22 heteroatoms. The third-order valence-electron chi connectivity index (χ3n) is 7.85.